The Morgan fingerprint density at radius 2 is 2.24 bits per heavy atom. The molecule has 2 aliphatic rings. The van der Waals surface area contributed by atoms with Gasteiger partial charge in [-0.3, -0.25) is 0 Å². The minimum atomic E-state index is -0.397. The zero-order valence-electron chi connectivity index (χ0n) is 9.25. The highest BCUT2D eigenvalue weighted by Crippen LogP contribution is 2.56. The van der Waals surface area contributed by atoms with Crippen LogP contribution in [0.15, 0.2) is 15.5 Å². The number of halogens is 1. The highest BCUT2D eigenvalue weighted by atomic mass is 79.9. The number of hydrogen-bond acceptors (Lipinski definition) is 4. The van der Waals surface area contributed by atoms with Crippen molar-refractivity contribution in [3.63, 3.8) is 0 Å². The van der Waals surface area contributed by atoms with Crippen LogP contribution in [0.4, 0.5) is 0 Å². The fraction of sp³-hybridized carbons (Fsp3) is 0.417. The first-order chi connectivity index (χ1) is 8.18. The van der Waals surface area contributed by atoms with Gasteiger partial charge in [-0.2, -0.15) is 4.99 Å². The van der Waals surface area contributed by atoms with E-state index in [9.17, 15) is 4.79 Å². The molecule has 17 heavy (non-hydrogen) atoms. The summed E-state index contributed by atoms with van der Waals surface area (Å²) in [5, 5.41) is 0. The number of ether oxygens (including phenoxy) is 2. The van der Waals surface area contributed by atoms with E-state index < -0.39 is 5.54 Å². The molecule has 1 aliphatic heterocycles. The second kappa shape index (κ2) is 3.59. The first kappa shape index (κ1) is 10.8. The van der Waals surface area contributed by atoms with E-state index in [0.29, 0.717) is 5.75 Å². The number of aryl methyl sites for hydroxylation is 1. The number of aliphatic imine (C=N–C) groups is 1. The summed E-state index contributed by atoms with van der Waals surface area (Å²) >= 11 is 3.53. The Kier molecular flexibility index (Phi) is 2.28. The molecule has 3 rings (SSSR count). The van der Waals surface area contributed by atoms with Crippen LogP contribution in [0.3, 0.4) is 0 Å². The maximum absolute atomic E-state index is 10.5. The maximum atomic E-state index is 10.5. The van der Waals surface area contributed by atoms with Gasteiger partial charge in [-0.15, -0.1) is 0 Å². The third kappa shape index (κ3) is 1.50. The third-order valence-corrected chi connectivity index (χ3v) is 4.01. The quantitative estimate of drug-likeness (QED) is 0.623. The van der Waals surface area contributed by atoms with Crippen molar-refractivity contribution in [1.29, 1.82) is 0 Å². The lowest BCUT2D eigenvalue weighted by atomic mass is 9.99. The number of hydrogen-bond donors (Lipinski definition) is 0. The molecule has 0 bridgehead atoms. The molecule has 0 unspecified atom stereocenters. The summed E-state index contributed by atoms with van der Waals surface area (Å²) in [5.74, 6) is 1.45. The van der Waals surface area contributed by atoms with Crippen molar-refractivity contribution < 1.29 is 14.3 Å². The van der Waals surface area contributed by atoms with Gasteiger partial charge in [-0.05, 0) is 47.3 Å². The predicted octanol–water partition coefficient (Wildman–Crippen LogP) is 2.81. The van der Waals surface area contributed by atoms with Crippen LogP contribution < -0.4 is 9.47 Å². The molecule has 0 spiro atoms. The van der Waals surface area contributed by atoms with Gasteiger partial charge in [0.25, 0.3) is 0 Å². The van der Waals surface area contributed by atoms with Crippen LogP contribution in [-0.4, -0.2) is 12.9 Å². The Labute approximate surface area is 107 Å². The number of benzene rings is 1. The Morgan fingerprint density at radius 1 is 1.47 bits per heavy atom. The fourth-order valence-corrected chi connectivity index (χ4v) is 3.31. The van der Waals surface area contributed by atoms with Gasteiger partial charge in [-0.25, -0.2) is 4.79 Å². The molecule has 1 fully saturated rings. The van der Waals surface area contributed by atoms with Gasteiger partial charge in [0.15, 0.2) is 11.5 Å². The molecule has 1 heterocycles. The van der Waals surface area contributed by atoms with Crippen LogP contribution >= 0.6 is 15.9 Å². The number of carbonyl (C=O) groups excluding carboxylic acids is 1. The molecule has 1 aromatic carbocycles. The van der Waals surface area contributed by atoms with Gasteiger partial charge < -0.3 is 9.47 Å². The molecular weight excluding hydrogens is 286 g/mol. The smallest absolute Gasteiger partial charge is 0.235 e. The summed E-state index contributed by atoms with van der Waals surface area (Å²) in [5.41, 5.74) is 1.67. The second-order valence-corrected chi connectivity index (χ2v) is 5.14. The van der Waals surface area contributed by atoms with E-state index in [2.05, 4.69) is 20.9 Å². The highest BCUT2D eigenvalue weighted by Gasteiger charge is 2.48. The van der Waals surface area contributed by atoms with Crippen molar-refractivity contribution in [2.75, 3.05) is 6.79 Å². The molecule has 1 aliphatic carbocycles. The van der Waals surface area contributed by atoms with E-state index in [1.807, 2.05) is 13.0 Å². The summed E-state index contributed by atoms with van der Waals surface area (Å²) < 4.78 is 11.6. The number of isocyanates is 1. The van der Waals surface area contributed by atoms with Crippen LogP contribution in [0.5, 0.6) is 11.5 Å². The summed E-state index contributed by atoms with van der Waals surface area (Å²) in [7, 11) is 0. The fourth-order valence-electron chi connectivity index (χ4n) is 2.32. The van der Waals surface area contributed by atoms with Crippen molar-refractivity contribution >= 4 is 22.0 Å². The largest absolute Gasteiger partial charge is 0.454 e. The molecular formula is C12H10BrNO3. The lowest BCUT2D eigenvalue weighted by Gasteiger charge is -2.15. The van der Waals surface area contributed by atoms with Crippen molar-refractivity contribution in [1.82, 2.24) is 0 Å². The Hall–Kier alpha value is -1.32. The molecule has 0 radical (unpaired) electrons. The first-order valence-electron chi connectivity index (χ1n) is 5.36. The average molecular weight is 296 g/mol. The SMILES string of the molecule is Cc1cc2c(c(Br)c1C1(N=C=O)CC1)OCO2. The molecule has 0 saturated heterocycles. The second-order valence-electron chi connectivity index (χ2n) is 4.35. The van der Waals surface area contributed by atoms with Crippen molar-refractivity contribution in [3.05, 3.63) is 21.7 Å². The van der Waals surface area contributed by atoms with E-state index in [1.54, 1.807) is 6.08 Å². The van der Waals surface area contributed by atoms with Crippen molar-refractivity contribution in [3.8, 4) is 11.5 Å². The monoisotopic (exact) mass is 295 g/mol. The van der Waals surface area contributed by atoms with Crippen LogP contribution in [0.2, 0.25) is 0 Å². The van der Waals surface area contributed by atoms with Gasteiger partial charge in [0.1, 0.15) is 0 Å². The molecule has 1 aromatic rings. The Balaban J connectivity index is 2.21. The zero-order chi connectivity index (χ0) is 12.0. The maximum Gasteiger partial charge on any atom is 0.235 e. The first-order valence-corrected chi connectivity index (χ1v) is 6.15. The van der Waals surface area contributed by atoms with E-state index in [-0.39, 0.29) is 6.79 Å². The van der Waals surface area contributed by atoms with Gasteiger partial charge in [0.2, 0.25) is 12.9 Å². The Bertz CT molecular complexity index is 545. The highest BCUT2D eigenvalue weighted by molar-refractivity contribution is 9.10. The summed E-state index contributed by atoms with van der Waals surface area (Å²) in [4.78, 5) is 14.5. The lowest BCUT2D eigenvalue weighted by molar-refractivity contribution is 0.173. The zero-order valence-corrected chi connectivity index (χ0v) is 10.8. The minimum Gasteiger partial charge on any atom is -0.454 e. The van der Waals surface area contributed by atoms with E-state index >= 15 is 0 Å². The van der Waals surface area contributed by atoms with Gasteiger partial charge in [-0.1, -0.05) is 0 Å². The standard InChI is InChI=1S/C12H10BrNO3/c1-7-4-8-11(17-6-16-8)10(13)9(7)12(2-3-12)14-5-15/h4H,2-3,6H2,1H3. The summed E-state index contributed by atoms with van der Waals surface area (Å²) in [6, 6.07) is 1.93. The Morgan fingerprint density at radius 3 is 2.88 bits per heavy atom. The normalized spacial score (nSPS) is 18.7. The van der Waals surface area contributed by atoms with Crippen LogP contribution in [-0.2, 0) is 10.3 Å². The van der Waals surface area contributed by atoms with Gasteiger partial charge in [0.05, 0.1) is 10.0 Å². The minimum absolute atomic E-state index is 0.237. The van der Waals surface area contributed by atoms with Crippen LogP contribution in [0.1, 0.15) is 24.0 Å². The van der Waals surface area contributed by atoms with E-state index in [4.69, 9.17) is 9.47 Å². The average Bonchev–Trinajstić information content (AvgIpc) is 2.89. The number of rotatable bonds is 2. The van der Waals surface area contributed by atoms with Gasteiger partial charge >= 0.3 is 0 Å². The molecule has 0 aromatic heterocycles. The van der Waals surface area contributed by atoms with Crippen molar-refractivity contribution in [2.24, 2.45) is 4.99 Å². The van der Waals surface area contributed by atoms with Crippen LogP contribution in [0.25, 0.3) is 0 Å². The van der Waals surface area contributed by atoms with E-state index in [1.165, 1.54) is 0 Å². The molecule has 5 heteroatoms. The van der Waals surface area contributed by atoms with Crippen LogP contribution in [0, 0.1) is 6.92 Å². The molecule has 4 nitrogen and oxygen atoms in total. The molecule has 88 valence electrons. The summed E-state index contributed by atoms with van der Waals surface area (Å²) in [6.07, 6.45) is 3.43. The molecule has 0 atom stereocenters. The topological polar surface area (TPSA) is 47.9 Å². The predicted molar refractivity (Wildman–Crippen MR) is 64.0 cm³/mol. The number of fused-ring (bicyclic) bond motifs is 1. The summed E-state index contributed by atoms with van der Waals surface area (Å²) in [6.45, 7) is 2.23. The van der Waals surface area contributed by atoms with Crippen molar-refractivity contribution in [2.45, 2.75) is 25.3 Å². The van der Waals surface area contributed by atoms with Gasteiger partial charge in [0, 0.05) is 5.56 Å². The van der Waals surface area contributed by atoms with E-state index in [0.717, 1.165) is 34.2 Å². The lowest BCUT2D eigenvalue weighted by Crippen LogP contribution is -2.06. The molecule has 0 amide bonds. The third-order valence-electron chi connectivity index (χ3n) is 3.25. The number of nitrogens with zero attached hydrogens (tertiary/aromatic N) is 1. The molecule has 0 N–H and O–H groups in total. The molecule has 1 saturated carbocycles.